The monoisotopic (exact) mass is 415 g/mol. The van der Waals surface area contributed by atoms with Crippen molar-refractivity contribution in [2.45, 2.75) is 50.5 Å². The van der Waals surface area contributed by atoms with E-state index in [0.29, 0.717) is 17.8 Å². The van der Waals surface area contributed by atoms with E-state index >= 15 is 0 Å². The largest absolute Gasteiger partial charge is 0.354 e. The second kappa shape index (κ2) is 9.73. The van der Waals surface area contributed by atoms with Gasteiger partial charge in [0.2, 0.25) is 5.91 Å². The fourth-order valence-corrected chi connectivity index (χ4v) is 4.66. The zero-order chi connectivity index (χ0) is 21.5. The maximum Gasteiger partial charge on any atom is 0.241 e. The molecule has 160 valence electrons. The van der Waals surface area contributed by atoms with Crippen LogP contribution in [0.4, 0.5) is 0 Å². The lowest BCUT2D eigenvalue weighted by molar-refractivity contribution is -0.122. The van der Waals surface area contributed by atoms with Crippen LogP contribution in [0.5, 0.6) is 0 Å². The van der Waals surface area contributed by atoms with Crippen molar-refractivity contribution >= 4 is 12.2 Å². The van der Waals surface area contributed by atoms with Crippen molar-refractivity contribution in [3.8, 4) is 11.3 Å². The highest BCUT2D eigenvalue weighted by Gasteiger charge is 2.33. The quantitative estimate of drug-likeness (QED) is 0.446. The Labute approximate surface area is 183 Å². The first-order valence-electron chi connectivity index (χ1n) is 11.1. The number of benzene rings is 2. The number of hydrogen-bond acceptors (Lipinski definition) is 3. The molecule has 1 amide bonds. The van der Waals surface area contributed by atoms with Gasteiger partial charge in [-0.15, -0.1) is 0 Å². The van der Waals surface area contributed by atoms with Crippen LogP contribution in [0, 0.1) is 0 Å². The van der Waals surface area contributed by atoms with Gasteiger partial charge in [0.1, 0.15) is 12.2 Å². The molecular formula is C26H29N3O2. The molecule has 3 aromatic rings. The Hall–Kier alpha value is -3.21. The molecule has 5 nitrogen and oxygen atoms in total. The first-order valence-corrected chi connectivity index (χ1v) is 11.1. The molecule has 4 rings (SSSR count). The van der Waals surface area contributed by atoms with Gasteiger partial charge in [0.05, 0.1) is 5.56 Å². The van der Waals surface area contributed by atoms with Gasteiger partial charge in [0.15, 0.2) is 6.29 Å². The van der Waals surface area contributed by atoms with Crippen LogP contribution in [-0.4, -0.2) is 28.5 Å². The first-order chi connectivity index (χ1) is 15.2. The standard InChI is InChI=1S/C26H29N3O2/c30-19-22-17-29(28-25(22)21-11-5-3-6-12-21)18-24(31)27-20-26(15-9-1-2-10-16-26)23-13-7-4-8-14-23/h3-8,11-14,17,19H,1-2,9-10,15-16,18,20H2,(H,27,31). The summed E-state index contributed by atoms with van der Waals surface area (Å²) in [5.74, 6) is -0.0842. The molecule has 1 saturated carbocycles. The lowest BCUT2D eigenvalue weighted by Crippen LogP contribution is -2.41. The van der Waals surface area contributed by atoms with Crippen molar-refractivity contribution < 1.29 is 9.59 Å². The number of nitrogens with zero attached hydrogens (tertiary/aromatic N) is 2. The second-order valence-electron chi connectivity index (χ2n) is 8.45. The molecule has 1 aromatic heterocycles. The van der Waals surface area contributed by atoms with E-state index in [9.17, 15) is 9.59 Å². The van der Waals surface area contributed by atoms with Crippen LogP contribution in [0.25, 0.3) is 11.3 Å². The Balaban J connectivity index is 1.47. The van der Waals surface area contributed by atoms with Gasteiger partial charge >= 0.3 is 0 Å². The summed E-state index contributed by atoms with van der Waals surface area (Å²) in [5.41, 5.74) is 3.26. The number of carbonyl (C=O) groups is 2. The van der Waals surface area contributed by atoms with Crippen molar-refractivity contribution in [3.63, 3.8) is 0 Å². The van der Waals surface area contributed by atoms with Crippen molar-refractivity contribution in [1.29, 1.82) is 0 Å². The highest BCUT2D eigenvalue weighted by molar-refractivity contribution is 5.85. The number of aldehydes is 1. The summed E-state index contributed by atoms with van der Waals surface area (Å²) in [7, 11) is 0. The number of hydrogen-bond donors (Lipinski definition) is 1. The zero-order valence-electron chi connectivity index (χ0n) is 17.8. The molecule has 0 aliphatic heterocycles. The zero-order valence-corrected chi connectivity index (χ0v) is 17.8. The van der Waals surface area contributed by atoms with E-state index in [1.807, 2.05) is 36.4 Å². The molecular weight excluding hydrogens is 386 g/mol. The predicted molar refractivity (Wildman–Crippen MR) is 122 cm³/mol. The van der Waals surface area contributed by atoms with Crippen LogP contribution in [0.2, 0.25) is 0 Å². The minimum Gasteiger partial charge on any atom is -0.354 e. The number of amides is 1. The van der Waals surface area contributed by atoms with Gasteiger partial charge in [0.25, 0.3) is 0 Å². The molecule has 2 aromatic carbocycles. The van der Waals surface area contributed by atoms with E-state index < -0.39 is 0 Å². The van der Waals surface area contributed by atoms with Crippen molar-refractivity contribution in [2.75, 3.05) is 6.54 Å². The Kier molecular flexibility index (Phi) is 6.60. The predicted octanol–water partition coefficient (Wildman–Crippen LogP) is 4.77. The van der Waals surface area contributed by atoms with Crippen molar-refractivity contribution in [2.24, 2.45) is 0 Å². The summed E-state index contributed by atoms with van der Waals surface area (Å²) in [6.07, 6.45) is 9.51. The molecule has 0 unspecified atom stereocenters. The van der Waals surface area contributed by atoms with Crippen LogP contribution in [0.1, 0.15) is 54.4 Å². The minimum atomic E-state index is -0.0842. The van der Waals surface area contributed by atoms with E-state index in [2.05, 4.69) is 34.7 Å². The maximum atomic E-state index is 12.8. The SMILES string of the molecule is O=Cc1cn(CC(=O)NCC2(c3ccccc3)CCCCCC2)nc1-c1ccccc1. The highest BCUT2D eigenvalue weighted by Crippen LogP contribution is 2.37. The molecule has 1 N–H and O–H groups in total. The van der Waals surface area contributed by atoms with Crippen LogP contribution < -0.4 is 5.32 Å². The number of nitrogens with one attached hydrogen (secondary N) is 1. The third-order valence-electron chi connectivity index (χ3n) is 6.34. The Morgan fingerprint density at radius 1 is 0.968 bits per heavy atom. The lowest BCUT2D eigenvalue weighted by atomic mass is 9.74. The van der Waals surface area contributed by atoms with Crippen LogP contribution in [0.3, 0.4) is 0 Å². The fraction of sp³-hybridized carbons (Fsp3) is 0.346. The molecule has 0 atom stereocenters. The lowest BCUT2D eigenvalue weighted by Gasteiger charge is -2.34. The van der Waals surface area contributed by atoms with Crippen LogP contribution >= 0.6 is 0 Å². The Bertz CT molecular complexity index is 1000. The van der Waals surface area contributed by atoms with Gasteiger partial charge in [-0.25, -0.2) is 0 Å². The summed E-state index contributed by atoms with van der Waals surface area (Å²) in [4.78, 5) is 24.3. The summed E-state index contributed by atoms with van der Waals surface area (Å²) >= 11 is 0. The minimum absolute atomic E-state index is 0.0132. The van der Waals surface area contributed by atoms with Crippen molar-refractivity contribution in [1.82, 2.24) is 15.1 Å². The summed E-state index contributed by atoms with van der Waals surface area (Å²) in [6.45, 7) is 0.724. The number of carbonyl (C=O) groups excluding carboxylic acids is 2. The number of rotatable bonds is 7. The van der Waals surface area contributed by atoms with Gasteiger partial charge in [-0.1, -0.05) is 86.3 Å². The molecule has 1 aliphatic rings. The number of aromatic nitrogens is 2. The topological polar surface area (TPSA) is 64.0 Å². The Morgan fingerprint density at radius 3 is 2.26 bits per heavy atom. The smallest absolute Gasteiger partial charge is 0.241 e. The molecule has 0 saturated heterocycles. The maximum absolute atomic E-state index is 12.8. The molecule has 0 bridgehead atoms. The molecule has 1 fully saturated rings. The van der Waals surface area contributed by atoms with Gasteiger partial charge in [0, 0.05) is 23.7 Å². The fourth-order valence-electron chi connectivity index (χ4n) is 4.66. The third-order valence-corrected chi connectivity index (χ3v) is 6.34. The Morgan fingerprint density at radius 2 is 1.61 bits per heavy atom. The molecule has 1 heterocycles. The summed E-state index contributed by atoms with van der Waals surface area (Å²) < 4.78 is 1.56. The average Bonchev–Trinajstić information content (AvgIpc) is 3.07. The summed E-state index contributed by atoms with van der Waals surface area (Å²) in [5, 5.41) is 7.67. The van der Waals surface area contributed by atoms with E-state index in [1.54, 1.807) is 10.9 Å². The van der Waals surface area contributed by atoms with Crippen molar-refractivity contribution in [3.05, 3.63) is 78.0 Å². The first kappa shape index (κ1) is 21.0. The van der Waals surface area contributed by atoms with Gasteiger partial charge in [-0.05, 0) is 18.4 Å². The molecule has 31 heavy (non-hydrogen) atoms. The molecule has 0 radical (unpaired) electrons. The molecule has 5 heteroatoms. The molecule has 0 spiro atoms. The third kappa shape index (κ3) is 4.93. The highest BCUT2D eigenvalue weighted by atomic mass is 16.2. The van der Waals surface area contributed by atoms with Gasteiger partial charge in [-0.2, -0.15) is 5.10 Å². The molecule has 1 aliphatic carbocycles. The van der Waals surface area contributed by atoms with Crippen LogP contribution in [-0.2, 0) is 16.8 Å². The van der Waals surface area contributed by atoms with E-state index in [0.717, 1.165) is 24.7 Å². The van der Waals surface area contributed by atoms with Gasteiger partial charge < -0.3 is 5.32 Å². The van der Waals surface area contributed by atoms with Gasteiger partial charge in [-0.3, -0.25) is 14.3 Å². The second-order valence-corrected chi connectivity index (χ2v) is 8.45. The average molecular weight is 416 g/mol. The van der Waals surface area contributed by atoms with E-state index in [-0.39, 0.29) is 17.9 Å². The normalized spacial score (nSPS) is 15.7. The van der Waals surface area contributed by atoms with Crippen LogP contribution in [0.15, 0.2) is 66.9 Å². The van der Waals surface area contributed by atoms with E-state index in [4.69, 9.17) is 0 Å². The summed E-state index contributed by atoms with van der Waals surface area (Å²) in [6, 6.07) is 20.1. The van der Waals surface area contributed by atoms with E-state index in [1.165, 1.54) is 31.2 Å².